The summed E-state index contributed by atoms with van der Waals surface area (Å²) in [7, 11) is 0. The summed E-state index contributed by atoms with van der Waals surface area (Å²) in [4.78, 5) is 16.9. The molecule has 0 saturated carbocycles. The van der Waals surface area contributed by atoms with Crippen molar-refractivity contribution >= 4 is 23.2 Å². The molecule has 4 heteroatoms. The summed E-state index contributed by atoms with van der Waals surface area (Å²) in [5, 5.41) is 0.599. The molecule has 0 bridgehead atoms. The molecule has 1 heterocycles. The maximum atomic E-state index is 12.6. The first-order valence-electron chi connectivity index (χ1n) is 7.93. The summed E-state index contributed by atoms with van der Waals surface area (Å²) >= 11 is 6.00. The number of carbonyl (C=O) groups is 1. The van der Waals surface area contributed by atoms with E-state index in [0.29, 0.717) is 10.6 Å². The molecule has 1 fully saturated rings. The van der Waals surface area contributed by atoms with Crippen LogP contribution in [0.25, 0.3) is 0 Å². The third-order valence-electron chi connectivity index (χ3n) is 4.32. The molecular weight excluding hydrogens is 308 g/mol. The highest BCUT2D eigenvalue weighted by molar-refractivity contribution is 6.30. The fourth-order valence-electron chi connectivity index (χ4n) is 3.14. The van der Waals surface area contributed by atoms with Gasteiger partial charge in [-0.3, -0.25) is 4.79 Å². The first-order chi connectivity index (χ1) is 11.0. The van der Waals surface area contributed by atoms with Gasteiger partial charge in [0.2, 0.25) is 0 Å². The smallest absolute Gasteiger partial charge is 0.254 e. The highest BCUT2D eigenvalue weighted by atomic mass is 35.5. The van der Waals surface area contributed by atoms with E-state index in [1.165, 1.54) is 11.3 Å². The van der Waals surface area contributed by atoms with Gasteiger partial charge in [0.05, 0.1) is 0 Å². The Morgan fingerprint density at radius 3 is 2.61 bits per heavy atom. The number of rotatable bonds is 2. The molecule has 2 aromatic carbocycles. The molecule has 23 heavy (non-hydrogen) atoms. The number of hydrogen-bond acceptors (Lipinski definition) is 2. The minimum Gasteiger partial charge on any atom is -0.365 e. The van der Waals surface area contributed by atoms with Crippen molar-refractivity contribution in [3.05, 3.63) is 64.7 Å². The van der Waals surface area contributed by atoms with E-state index in [1.54, 1.807) is 12.1 Å². The maximum Gasteiger partial charge on any atom is 0.254 e. The Hall–Kier alpha value is -2.00. The molecule has 0 aliphatic carbocycles. The van der Waals surface area contributed by atoms with Crippen molar-refractivity contribution in [2.45, 2.75) is 19.9 Å². The van der Waals surface area contributed by atoms with Crippen LogP contribution in [0.15, 0.2) is 48.5 Å². The average Bonchev–Trinajstić information content (AvgIpc) is 2.54. The molecule has 120 valence electrons. The van der Waals surface area contributed by atoms with Crippen LogP contribution in [-0.2, 0) is 0 Å². The zero-order valence-corrected chi connectivity index (χ0v) is 14.3. The third-order valence-corrected chi connectivity index (χ3v) is 4.55. The highest BCUT2D eigenvalue weighted by Crippen LogP contribution is 2.23. The standard InChI is InChI=1S/C19H21ClN2O/c1-14-5-3-8-18(11-14)22-10-9-21(13-15(22)2)19(23)16-6-4-7-17(20)12-16/h3-8,11-12,15H,9-10,13H2,1-2H3/t15-/m0/s1. The molecule has 3 nitrogen and oxygen atoms in total. The van der Waals surface area contributed by atoms with Crippen molar-refractivity contribution < 1.29 is 4.79 Å². The number of carbonyl (C=O) groups excluding carboxylic acids is 1. The quantitative estimate of drug-likeness (QED) is 0.832. The molecule has 1 amide bonds. The number of hydrogen-bond donors (Lipinski definition) is 0. The lowest BCUT2D eigenvalue weighted by atomic mass is 10.1. The fourth-order valence-corrected chi connectivity index (χ4v) is 3.33. The average molecular weight is 329 g/mol. The Bertz CT molecular complexity index is 716. The van der Waals surface area contributed by atoms with Gasteiger partial charge in [-0.2, -0.15) is 0 Å². The summed E-state index contributed by atoms with van der Waals surface area (Å²) in [5.41, 5.74) is 3.15. The van der Waals surface area contributed by atoms with Crippen LogP contribution in [0, 0.1) is 6.92 Å². The monoisotopic (exact) mass is 328 g/mol. The van der Waals surface area contributed by atoms with Gasteiger partial charge in [0, 0.05) is 41.9 Å². The lowest BCUT2D eigenvalue weighted by Gasteiger charge is -2.41. The Kier molecular flexibility index (Phi) is 4.58. The summed E-state index contributed by atoms with van der Waals surface area (Å²) in [6.07, 6.45) is 0. The molecule has 1 aliphatic heterocycles. The first-order valence-corrected chi connectivity index (χ1v) is 8.30. The van der Waals surface area contributed by atoms with E-state index in [1.807, 2.05) is 17.0 Å². The number of halogens is 1. The number of piperazine rings is 1. The lowest BCUT2D eigenvalue weighted by Crippen LogP contribution is -2.53. The van der Waals surface area contributed by atoms with Gasteiger partial charge in [0.1, 0.15) is 0 Å². The predicted molar refractivity (Wildman–Crippen MR) is 95.3 cm³/mol. The normalized spacial score (nSPS) is 18.1. The van der Waals surface area contributed by atoms with Crippen molar-refractivity contribution in [3.8, 4) is 0 Å². The summed E-state index contributed by atoms with van der Waals surface area (Å²) in [6, 6.07) is 16.0. The van der Waals surface area contributed by atoms with Crippen LogP contribution in [0.3, 0.4) is 0 Å². The summed E-state index contributed by atoms with van der Waals surface area (Å²) < 4.78 is 0. The molecule has 0 aromatic heterocycles. The van der Waals surface area contributed by atoms with E-state index in [2.05, 4.69) is 43.0 Å². The first kappa shape index (κ1) is 15.9. The van der Waals surface area contributed by atoms with E-state index in [-0.39, 0.29) is 11.9 Å². The van der Waals surface area contributed by atoms with E-state index in [0.717, 1.165) is 19.6 Å². The Morgan fingerprint density at radius 2 is 1.91 bits per heavy atom. The molecular formula is C19H21ClN2O. The lowest BCUT2D eigenvalue weighted by molar-refractivity contribution is 0.0726. The molecule has 0 radical (unpaired) electrons. The van der Waals surface area contributed by atoms with E-state index < -0.39 is 0 Å². The van der Waals surface area contributed by atoms with Gasteiger partial charge in [0.25, 0.3) is 5.91 Å². The van der Waals surface area contributed by atoms with Crippen LogP contribution in [-0.4, -0.2) is 36.5 Å². The molecule has 0 spiro atoms. The fraction of sp³-hybridized carbons (Fsp3) is 0.316. The van der Waals surface area contributed by atoms with Gasteiger partial charge in [-0.05, 0) is 49.7 Å². The Morgan fingerprint density at radius 1 is 1.13 bits per heavy atom. The number of anilines is 1. The van der Waals surface area contributed by atoms with Crippen LogP contribution < -0.4 is 4.90 Å². The van der Waals surface area contributed by atoms with Crippen LogP contribution in [0.2, 0.25) is 5.02 Å². The molecule has 3 rings (SSSR count). The van der Waals surface area contributed by atoms with E-state index in [4.69, 9.17) is 11.6 Å². The van der Waals surface area contributed by atoms with E-state index in [9.17, 15) is 4.79 Å². The van der Waals surface area contributed by atoms with Gasteiger partial charge in [-0.25, -0.2) is 0 Å². The molecule has 1 saturated heterocycles. The van der Waals surface area contributed by atoms with Crippen molar-refractivity contribution in [1.29, 1.82) is 0 Å². The zero-order valence-electron chi connectivity index (χ0n) is 13.5. The second-order valence-electron chi connectivity index (χ2n) is 6.14. The van der Waals surface area contributed by atoms with Crippen molar-refractivity contribution in [1.82, 2.24) is 4.90 Å². The van der Waals surface area contributed by atoms with Gasteiger partial charge < -0.3 is 9.80 Å². The summed E-state index contributed by atoms with van der Waals surface area (Å²) in [5.74, 6) is 0.0586. The molecule has 0 N–H and O–H groups in total. The molecule has 1 atom stereocenters. The van der Waals surface area contributed by atoms with Gasteiger partial charge in [-0.1, -0.05) is 29.8 Å². The van der Waals surface area contributed by atoms with Crippen molar-refractivity contribution in [2.24, 2.45) is 0 Å². The second kappa shape index (κ2) is 6.63. The van der Waals surface area contributed by atoms with Crippen LogP contribution in [0.5, 0.6) is 0 Å². The number of nitrogens with zero attached hydrogens (tertiary/aromatic N) is 2. The largest absolute Gasteiger partial charge is 0.365 e. The van der Waals surface area contributed by atoms with Crippen LogP contribution in [0.4, 0.5) is 5.69 Å². The summed E-state index contributed by atoms with van der Waals surface area (Å²) in [6.45, 7) is 6.56. The van der Waals surface area contributed by atoms with Gasteiger partial charge in [0.15, 0.2) is 0 Å². The second-order valence-corrected chi connectivity index (χ2v) is 6.58. The SMILES string of the molecule is Cc1cccc(N2CCN(C(=O)c3cccc(Cl)c3)C[C@@H]2C)c1. The predicted octanol–water partition coefficient (Wildman–Crippen LogP) is 4.00. The maximum absolute atomic E-state index is 12.6. The zero-order chi connectivity index (χ0) is 16.4. The molecule has 2 aromatic rings. The van der Waals surface area contributed by atoms with Crippen molar-refractivity contribution in [3.63, 3.8) is 0 Å². The Balaban J connectivity index is 1.72. The number of amides is 1. The van der Waals surface area contributed by atoms with Crippen LogP contribution >= 0.6 is 11.6 Å². The van der Waals surface area contributed by atoms with Crippen molar-refractivity contribution in [2.75, 3.05) is 24.5 Å². The molecule has 0 unspecified atom stereocenters. The third kappa shape index (κ3) is 3.50. The number of aryl methyl sites for hydroxylation is 1. The van der Waals surface area contributed by atoms with Gasteiger partial charge in [-0.15, -0.1) is 0 Å². The van der Waals surface area contributed by atoms with Crippen LogP contribution in [0.1, 0.15) is 22.8 Å². The minimum atomic E-state index is 0.0586. The minimum absolute atomic E-state index is 0.0586. The van der Waals surface area contributed by atoms with E-state index >= 15 is 0 Å². The Labute approximate surface area is 142 Å². The highest BCUT2D eigenvalue weighted by Gasteiger charge is 2.27. The molecule has 1 aliphatic rings. The topological polar surface area (TPSA) is 23.6 Å². The van der Waals surface area contributed by atoms with Gasteiger partial charge >= 0.3 is 0 Å². The number of benzene rings is 2.